The number of aryl methyl sites for hydroxylation is 2. The zero-order valence-corrected chi connectivity index (χ0v) is 14.0. The lowest BCUT2D eigenvalue weighted by Crippen LogP contribution is -2.40. The Morgan fingerprint density at radius 3 is 2.70 bits per heavy atom. The van der Waals surface area contributed by atoms with Crippen molar-refractivity contribution in [3.63, 3.8) is 0 Å². The van der Waals surface area contributed by atoms with Crippen LogP contribution >= 0.6 is 0 Å². The highest BCUT2D eigenvalue weighted by Crippen LogP contribution is 2.10. The highest BCUT2D eigenvalue weighted by molar-refractivity contribution is 5.94. The molecule has 0 saturated heterocycles. The third kappa shape index (κ3) is 4.39. The molecule has 0 saturated carbocycles. The van der Waals surface area contributed by atoms with Crippen molar-refractivity contribution in [2.75, 3.05) is 6.54 Å². The molecule has 1 atom stereocenters. The molecule has 0 fully saturated rings. The molecule has 2 rings (SSSR count). The molecule has 1 amide bonds. The van der Waals surface area contributed by atoms with E-state index < -0.39 is 0 Å². The van der Waals surface area contributed by atoms with E-state index >= 15 is 0 Å². The number of nitrogens with zero attached hydrogens (tertiary/aromatic N) is 3. The number of amides is 1. The van der Waals surface area contributed by atoms with Crippen LogP contribution in [0.1, 0.15) is 47.9 Å². The van der Waals surface area contributed by atoms with E-state index in [2.05, 4.69) is 22.3 Å². The Labute approximate surface area is 137 Å². The molecular formula is C17H25N5O. The first-order chi connectivity index (χ1) is 11.0. The molecule has 0 aliphatic heterocycles. The Kier molecular flexibility index (Phi) is 5.87. The second-order valence-corrected chi connectivity index (χ2v) is 5.79. The van der Waals surface area contributed by atoms with Gasteiger partial charge in [0.25, 0.3) is 5.91 Å². The molecule has 6 heteroatoms. The fourth-order valence-corrected chi connectivity index (χ4v) is 2.47. The summed E-state index contributed by atoms with van der Waals surface area (Å²) in [7, 11) is 0. The second kappa shape index (κ2) is 7.87. The van der Waals surface area contributed by atoms with Gasteiger partial charge in [0, 0.05) is 24.5 Å². The number of pyridine rings is 1. The largest absolute Gasteiger partial charge is 0.348 e. The van der Waals surface area contributed by atoms with Crippen molar-refractivity contribution in [1.29, 1.82) is 0 Å². The maximum Gasteiger partial charge on any atom is 0.253 e. The van der Waals surface area contributed by atoms with Gasteiger partial charge in [-0.05, 0) is 38.5 Å². The van der Waals surface area contributed by atoms with Crippen molar-refractivity contribution in [2.45, 2.75) is 46.1 Å². The SMILES string of the molecule is CCCCC(CN)NC(=O)c1ccc(-n2nc(C)cc2C)nc1. The highest BCUT2D eigenvalue weighted by atomic mass is 16.1. The molecule has 1 unspecified atom stereocenters. The number of rotatable bonds is 7. The standard InChI is InChI=1S/C17H25N5O/c1-4-5-6-15(10-18)20-17(23)14-7-8-16(19-11-14)22-13(3)9-12(2)21-22/h7-9,11,15H,4-6,10,18H2,1-3H3,(H,20,23). The summed E-state index contributed by atoms with van der Waals surface area (Å²) in [6.07, 6.45) is 4.62. The van der Waals surface area contributed by atoms with Crippen molar-refractivity contribution in [3.8, 4) is 5.82 Å². The quantitative estimate of drug-likeness (QED) is 0.819. The van der Waals surface area contributed by atoms with Gasteiger partial charge in [0.2, 0.25) is 0 Å². The molecule has 2 aromatic heterocycles. The summed E-state index contributed by atoms with van der Waals surface area (Å²) in [5.41, 5.74) is 8.20. The zero-order valence-electron chi connectivity index (χ0n) is 14.0. The lowest BCUT2D eigenvalue weighted by Gasteiger charge is -2.16. The predicted molar refractivity (Wildman–Crippen MR) is 90.7 cm³/mol. The summed E-state index contributed by atoms with van der Waals surface area (Å²) in [6.45, 7) is 6.48. The molecular weight excluding hydrogens is 290 g/mol. The number of carbonyl (C=O) groups is 1. The van der Waals surface area contributed by atoms with Gasteiger partial charge in [0.15, 0.2) is 5.82 Å². The van der Waals surface area contributed by atoms with Crippen LogP contribution in [0.4, 0.5) is 0 Å². The van der Waals surface area contributed by atoms with E-state index in [9.17, 15) is 4.79 Å². The van der Waals surface area contributed by atoms with Crippen molar-refractivity contribution in [3.05, 3.63) is 41.3 Å². The minimum absolute atomic E-state index is 0.0122. The Bertz CT molecular complexity index is 648. The minimum atomic E-state index is -0.135. The second-order valence-electron chi connectivity index (χ2n) is 5.79. The Balaban J connectivity index is 2.06. The first-order valence-electron chi connectivity index (χ1n) is 8.05. The fraction of sp³-hybridized carbons (Fsp3) is 0.471. The number of unbranched alkanes of at least 4 members (excludes halogenated alkanes) is 1. The molecule has 0 radical (unpaired) electrons. The average Bonchev–Trinajstić information content (AvgIpc) is 2.89. The summed E-state index contributed by atoms with van der Waals surface area (Å²) in [4.78, 5) is 16.6. The molecule has 0 spiro atoms. The topological polar surface area (TPSA) is 85.8 Å². The summed E-state index contributed by atoms with van der Waals surface area (Å²) in [6, 6.07) is 5.57. The predicted octanol–water partition coefficient (Wildman–Crippen LogP) is 2.13. The van der Waals surface area contributed by atoms with Gasteiger partial charge in [0.05, 0.1) is 11.3 Å². The monoisotopic (exact) mass is 315 g/mol. The van der Waals surface area contributed by atoms with Crippen LogP contribution in [0.15, 0.2) is 24.4 Å². The number of aromatic nitrogens is 3. The highest BCUT2D eigenvalue weighted by Gasteiger charge is 2.13. The normalized spacial score (nSPS) is 12.2. The molecule has 23 heavy (non-hydrogen) atoms. The first-order valence-corrected chi connectivity index (χ1v) is 8.05. The van der Waals surface area contributed by atoms with Crippen LogP contribution in [0.3, 0.4) is 0 Å². The maximum atomic E-state index is 12.3. The lowest BCUT2D eigenvalue weighted by atomic mass is 10.1. The lowest BCUT2D eigenvalue weighted by molar-refractivity contribution is 0.0935. The molecule has 0 aliphatic carbocycles. The Morgan fingerprint density at radius 1 is 1.39 bits per heavy atom. The van der Waals surface area contributed by atoms with Gasteiger partial charge in [0.1, 0.15) is 0 Å². The van der Waals surface area contributed by atoms with E-state index in [0.29, 0.717) is 17.9 Å². The number of hydrogen-bond donors (Lipinski definition) is 2. The number of nitrogens with two attached hydrogens (primary N) is 1. The summed E-state index contributed by atoms with van der Waals surface area (Å²) in [5.74, 6) is 0.567. The van der Waals surface area contributed by atoms with E-state index in [0.717, 1.165) is 30.7 Å². The van der Waals surface area contributed by atoms with Gasteiger partial charge in [-0.25, -0.2) is 9.67 Å². The van der Waals surface area contributed by atoms with E-state index in [1.807, 2.05) is 19.9 Å². The van der Waals surface area contributed by atoms with Crippen LogP contribution in [-0.4, -0.2) is 33.3 Å². The Morgan fingerprint density at radius 2 is 2.17 bits per heavy atom. The fourth-order valence-electron chi connectivity index (χ4n) is 2.47. The van der Waals surface area contributed by atoms with Crippen LogP contribution in [-0.2, 0) is 0 Å². The minimum Gasteiger partial charge on any atom is -0.348 e. The summed E-state index contributed by atoms with van der Waals surface area (Å²) in [5, 5.41) is 7.35. The van der Waals surface area contributed by atoms with Gasteiger partial charge in [-0.2, -0.15) is 5.10 Å². The average molecular weight is 315 g/mol. The van der Waals surface area contributed by atoms with Crippen LogP contribution in [0, 0.1) is 13.8 Å². The first kappa shape index (κ1) is 17.1. The van der Waals surface area contributed by atoms with Gasteiger partial charge in [-0.15, -0.1) is 0 Å². The van der Waals surface area contributed by atoms with Crippen LogP contribution < -0.4 is 11.1 Å². The van der Waals surface area contributed by atoms with Crippen LogP contribution in [0.2, 0.25) is 0 Å². The third-order valence-electron chi connectivity index (χ3n) is 3.76. The van der Waals surface area contributed by atoms with Crippen LogP contribution in [0.25, 0.3) is 5.82 Å². The van der Waals surface area contributed by atoms with Crippen molar-refractivity contribution in [1.82, 2.24) is 20.1 Å². The summed E-state index contributed by atoms with van der Waals surface area (Å²) < 4.78 is 1.76. The molecule has 0 bridgehead atoms. The molecule has 0 aliphatic rings. The molecule has 124 valence electrons. The molecule has 6 nitrogen and oxygen atoms in total. The van der Waals surface area contributed by atoms with Gasteiger partial charge in [-0.1, -0.05) is 19.8 Å². The molecule has 2 heterocycles. The smallest absolute Gasteiger partial charge is 0.253 e. The van der Waals surface area contributed by atoms with E-state index in [1.54, 1.807) is 23.0 Å². The Hall–Kier alpha value is -2.21. The molecule has 3 N–H and O–H groups in total. The van der Waals surface area contributed by atoms with Crippen LogP contribution in [0.5, 0.6) is 0 Å². The third-order valence-corrected chi connectivity index (χ3v) is 3.76. The van der Waals surface area contributed by atoms with E-state index in [-0.39, 0.29) is 11.9 Å². The van der Waals surface area contributed by atoms with Gasteiger partial charge < -0.3 is 11.1 Å². The number of hydrogen-bond acceptors (Lipinski definition) is 4. The number of nitrogens with one attached hydrogen (secondary N) is 1. The zero-order chi connectivity index (χ0) is 16.8. The number of carbonyl (C=O) groups excluding carboxylic acids is 1. The van der Waals surface area contributed by atoms with Crippen molar-refractivity contribution in [2.24, 2.45) is 5.73 Å². The van der Waals surface area contributed by atoms with E-state index in [1.165, 1.54) is 0 Å². The van der Waals surface area contributed by atoms with Crippen molar-refractivity contribution >= 4 is 5.91 Å². The molecule has 2 aromatic rings. The van der Waals surface area contributed by atoms with Gasteiger partial charge >= 0.3 is 0 Å². The van der Waals surface area contributed by atoms with Gasteiger partial charge in [-0.3, -0.25) is 4.79 Å². The molecule has 0 aromatic carbocycles. The maximum absolute atomic E-state index is 12.3. The van der Waals surface area contributed by atoms with E-state index in [4.69, 9.17) is 5.73 Å². The summed E-state index contributed by atoms with van der Waals surface area (Å²) >= 11 is 0. The van der Waals surface area contributed by atoms with Crippen molar-refractivity contribution < 1.29 is 4.79 Å².